The van der Waals surface area contributed by atoms with Crippen molar-refractivity contribution in [3.8, 4) is 0 Å². The third-order valence-electron chi connectivity index (χ3n) is 3.27. The van der Waals surface area contributed by atoms with Gasteiger partial charge in [0.25, 0.3) is 0 Å². The van der Waals surface area contributed by atoms with Gasteiger partial charge in [0, 0.05) is 11.8 Å². The zero-order valence-electron chi connectivity index (χ0n) is 10.5. The van der Waals surface area contributed by atoms with Crippen molar-refractivity contribution in [3.05, 3.63) is 35.9 Å². The van der Waals surface area contributed by atoms with E-state index in [9.17, 15) is 9.90 Å². The fourth-order valence-electron chi connectivity index (χ4n) is 1.98. The van der Waals surface area contributed by atoms with E-state index in [2.05, 4.69) is 0 Å². The van der Waals surface area contributed by atoms with E-state index in [0.717, 1.165) is 5.56 Å². The molecule has 1 aromatic carbocycles. The van der Waals surface area contributed by atoms with Crippen molar-refractivity contribution in [1.29, 1.82) is 0 Å². The van der Waals surface area contributed by atoms with Gasteiger partial charge in [0.2, 0.25) is 5.91 Å². The van der Waals surface area contributed by atoms with Gasteiger partial charge in [-0.15, -0.1) is 0 Å². The molecule has 1 saturated heterocycles. The number of nitrogens with two attached hydrogens (primary N) is 1. The van der Waals surface area contributed by atoms with Crippen LogP contribution >= 0.6 is 0 Å². The van der Waals surface area contributed by atoms with Crippen LogP contribution in [0.25, 0.3) is 6.08 Å². The molecule has 96 valence electrons. The summed E-state index contributed by atoms with van der Waals surface area (Å²) in [4.78, 5) is 13.4. The zero-order chi connectivity index (χ0) is 13.2. The average molecular weight is 246 g/mol. The number of likely N-dealkylation sites (tertiary alicyclic amines) is 1. The predicted molar refractivity (Wildman–Crippen MR) is 71.7 cm³/mol. The molecule has 18 heavy (non-hydrogen) atoms. The number of carbonyl (C=O) groups is 1. The number of benzene rings is 1. The Hall–Kier alpha value is -1.81. The van der Waals surface area contributed by atoms with Gasteiger partial charge in [-0.3, -0.25) is 4.79 Å². The molecule has 0 saturated carbocycles. The molecule has 0 atom stereocenters. The van der Waals surface area contributed by atoms with Gasteiger partial charge in [-0.2, -0.15) is 0 Å². The molecule has 4 heteroatoms. The molecule has 0 aliphatic carbocycles. The number of carbonyl (C=O) groups excluding carboxylic acids is 1. The molecule has 1 aromatic rings. The molecule has 0 spiro atoms. The average Bonchev–Trinajstić information content (AvgIpc) is 2.32. The van der Waals surface area contributed by atoms with Gasteiger partial charge in [-0.05, 0) is 30.2 Å². The van der Waals surface area contributed by atoms with Crippen molar-refractivity contribution in [2.75, 3.05) is 18.8 Å². The Bertz CT molecular complexity index is 476. The standard InChI is InChI=1S/C14H18N2O2/c1-2-14(18)9-16(10-14)13(17)7-6-11-4-3-5-12(15)8-11/h3-8,18H,2,9-10,15H2,1H3/b7-6+. The summed E-state index contributed by atoms with van der Waals surface area (Å²) < 4.78 is 0. The first kappa shape index (κ1) is 12.6. The van der Waals surface area contributed by atoms with Crippen LogP contribution in [0.3, 0.4) is 0 Å². The van der Waals surface area contributed by atoms with E-state index in [1.54, 1.807) is 17.0 Å². The zero-order valence-corrected chi connectivity index (χ0v) is 10.5. The topological polar surface area (TPSA) is 66.6 Å². The Balaban J connectivity index is 1.93. The fraction of sp³-hybridized carbons (Fsp3) is 0.357. The summed E-state index contributed by atoms with van der Waals surface area (Å²) in [5, 5.41) is 9.83. The van der Waals surface area contributed by atoms with Crippen LogP contribution in [0, 0.1) is 0 Å². The summed E-state index contributed by atoms with van der Waals surface area (Å²) in [5.74, 6) is -0.0736. The van der Waals surface area contributed by atoms with Crippen molar-refractivity contribution in [2.24, 2.45) is 0 Å². The highest BCUT2D eigenvalue weighted by Crippen LogP contribution is 2.24. The number of β-amino-alcohol motifs (C(OH)–C–C–N with tert-alkyl or cyclic N) is 1. The molecule has 0 aromatic heterocycles. The van der Waals surface area contributed by atoms with E-state index in [1.165, 1.54) is 6.08 Å². The lowest BCUT2D eigenvalue weighted by atomic mass is 9.91. The lowest BCUT2D eigenvalue weighted by molar-refractivity contribution is -0.150. The first-order valence-corrected chi connectivity index (χ1v) is 6.07. The van der Waals surface area contributed by atoms with Crippen molar-refractivity contribution in [3.63, 3.8) is 0 Å². The predicted octanol–water partition coefficient (Wildman–Crippen LogP) is 1.27. The highest BCUT2D eigenvalue weighted by Gasteiger charge is 2.41. The van der Waals surface area contributed by atoms with E-state index >= 15 is 0 Å². The summed E-state index contributed by atoms with van der Waals surface area (Å²) in [7, 11) is 0. The largest absolute Gasteiger partial charge is 0.399 e. The van der Waals surface area contributed by atoms with Crippen molar-refractivity contribution < 1.29 is 9.90 Å². The van der Waals surface area contributed by atoms with Gasteiger partial charge >= 0.3 is 0 Å². The summed E-state index contributed by atoms with van der Waals surface area (Å²) in [6.45, 7) is 2.76. The van der Waals surface area contributed by atoms with Crippen molar-refractivity contribution in [2.45, 2.75) is 18.9 Å². The smallest absolute Gasteiger partial charge is 0.246 e. The van der Waals surface area contributed by atoms with E-state index in [4.69, 9.17) is 5.73 Å². The second-order valence-corrected chi connectivity index (χ2v) is 4.78. The van der Waals surface area contributed by atoms with E-state index in [-0.39, 0.29) is 5.91 Å². The van der Waals surface area contributed by atoms with Gasteiger partial charge in [0.05, 0.1) is 18.7 Å². The van der Waals surface area contributed by atoms with Gasteiger partial charge in [0.1, 0.15) is 0 Å². The maximum Gasteiger partial charge on any atom is 0.246 e. The number of hydrogen-bond acceptors (Lipinski definition) is 3. The fourth-order valence-corrected chi connectivity index (χ4v) is 1.98. The summed E-state index contributed by atoms with van der Waals surface area (Å²) in [6, 6.07) is 7.34. The monoisotopic (exact) mass is 246 g/mol. The van der Waals surface area contributed by atoms with Crippen LogP contribution in [0.1, 0.15) is 18.9 Å². The minimum Gasteiger partial charge on any atom is -0.399 e. The molecular weight excluding hydrogens is 228 g/mol. The Morgan fingerprint density at radius 2 is 2.28 bits per heavy atom. The summed E-state index contributed by atoms with van der Waals surface area (Å²) in [5.41, 5.74) is 6.55. The Morgan fingerprint density at radius 3 is 2.89 bits per heavy atom. The van der Waals surface area contributed by atoms with Gasteiger partial charge < -0.3 is 15.7 Å². The number of nitrogens with zero attached hydrogens (tertiary/aromatic N) is 1. The molecule has 1 aliphatic heterocycles. The van der Waals surface area contributed by atoms with Crippen LogP contribution in [0.2, 0.25) is 0 Å². The molecule has 1 heterocycles. The maximum atomic E-state index is 11.8. The SMILES string of the molecule is CCC1(O)CN(C(=O)/C=C/c2cccc(N)c2)C1. The van der Waals surface area contributed by atoms with Crippen LogP contribution < -0.4 is 5.73 Å². The molecule has 3 N–H and O–H groups in total. The summed E-state index contributed by atoms with van der Waals surface area (Å²) >= 11 is 0. The van der Waals surface area contributed by atoms with Gasteiger partial charge in [-0.25, -0.2) is 0 Å². The molecule has 4 nitrogen and oxygen atoms in total. The maximum absolute atomic E-state index is 11.8. The van der Waals surface area contributed by atoms with Gasteiger partial charge in [-0.1, -0.05) is 19.1 Å². The van der Waals surface area contributed by atoms with Crippen LogP contribution in [0.4, 0.5) is 5.69 Å². The number of nitrogen functional groups attached to an aromatic ring is 1. The first-order chi connectivity index (χ1) is 8.52. The number of rotatable bonds is 3. The van der Waals surface area contributed by atoms with E-state index < -0.39 is 5.60 Å². The molecule has 0 bridgehead atoms. The number of anilines is 1. The van der Waals surface area contributed by atoms with Gasteiger partial charge in [0.15, 0.2) is 0 Å². The third-order valence-corrected chi connectivity index (χ3v) is 3.27. The quantitative estimate of drug-likeness (QED) is 0.623. The number of aliphatic hydroxyl groups is 1. The molecule has 2 rings (SSSR count). The van der Waals surface area contributed by atoms with Crippen LogP contribution in [0.15, 0.2) is 30.3 Å². The molecule has 1 fully saturated rings. The molecule has 1 aliphatic rings. The highest BCUT2D eigenvalue weighted by molar-refractivity contribution is 5.92. The minimum absolute atomic E-state index is 0.0736. The first-order valence-electron chi connectivity index (χ1n) is 6.07. The molecular formula is C14H18N2O2. The van der Waals surface area contributed by atoms with Crippen LogP contribution in [-0.4, -0.2) is 34.6 Å². The second kappa shape index (κ2) is 4.82. The Labute approximate surface area is 107 Å². The van der Waals surface area contributed by atoms with Crippen LogP contribution in [-0.2, 0) is 4.79 Å². The Kier molecular flexibility index (Phi) is 3.39. The van der Waals surface area contributed by atoms with Crippen molar-refractivity contribution in [1.82, 2.24) is 4.90 Å². The van der Waals surface area contributed by atoms with Crippen molar-refractivity contribution >= 4 is 17.7 Å². The lowest BCUT2D eigenvalue weighted by Gasteiger charge is -2.45. The number of hydrogen-bond donors (Lipinski definition) is 2. The molecule has 1 amide bonds. The molecule has 0 radical (unpaired) electrons. The second-order valence-electron chi connectivity index (χ2n) is 4.78. The van der Waals surface area contributed by atoms with E-state index in [0.29, 0.717) is 25.2 Å². The normalized spacial score (nSPS) is 17.8. The Morgan fingerprint density at radius 1 is 1.56 bits per heavy atom. The highest BCUT2D eigenvalue weighted by atomic mass is 16.3. The third kappa shape index (κ3) is 2.71. The van der Waals surface area contributed by atoms with E-state index in [1.807, 2.05) is 25.1 Å². The minimum atomic E-state index is -0.680. The van der Waals surface area contributed by atoms with Crippen LogP contribution in [0.5, 0.6) is 0 Å². The molecule has 0 unspecified atom stereocenters. The summed E-state index contributed by atoms with van der Waals surface area (Å²) in [6.07, 6.45) is 3.93. The number of amides is 1. The lowest BCUT2D eigenvalue weighted by Crippen LogP contribution is -2.62.